The minimum atomic E-state index is -0.0888. The van der Waals surface area contributed by atoms with Crippen molar-refractivity contribution in [2.24, 2.45) is 0 Å². The second kappa shape index (κ2) is 3.95. The molecule has 0 saturated carbocycles. The molecule has 1 N–H and O–H groups in total. The number of piperidine rings is 1. The quantitative estimate of drug-likeness (QED) is 0.654. The Balaban J connectivity index is 1.91. The predicted octanol–water partition coefficient (Wildman–Crippen LogP) is 0.842. The maximum Gasteiger partial charge on any atom is 0.0694 e. The minimum absolute atomic E-state index is 0.0888. The number of rotatable bonds is 1. The Bertz CT molecular complexity index is 174. The average molecular weight is 184 g/mol. The molecule has 2 heterocycles. The van der Waals surface area contributed by atoms with Gasteiger partial charge in [-0.05, 0) is 26.2 Å². The Morgan fingerprint density at radius 3 is 2.62 bits per heavy atom. The van der Waals surface area contributed by atoms with E-state index in [1.54, 1.807) is 0 Å². The molecule has 2 atom stereocenters. The zero-order valence-corrected chi connectivity index (χ0v) is 8.45. The zero-order chi connectivity index (χ0) is 9.26. The number of aliphatic hydroxyl groups excluding tert-OH is 1. The van der Waals surface area contributed by atoms with Crippen LogP contribution in [0.25, 0.3) is 0 Å². The Kier molecular flexibility index (Phi) is 2.86. The standard InChI is InChI=1S/C10H20N2O/c1-9-4-2-3-6-12(9)11-7-5-10(13)8-11/h9-10,13H,2-8H2,1H3/t9-,10-/m0/s1. The van der Waals surface area contributed by atoms with Crippen molar-refractivity contribution in [3.8, 4) is 0 Å². The summed E-state index contributed by atoms with van der Waals surface area (Å²) >= 11 is 0. The van der Waals surface area contributed by atoms with Gasteiger partial charge in [0, 0.05) is 25.7 Å². The summed E-state index contributed by atoms with van der Waals surface area (Å²) in [4.78, 5) is 0. The largest absolute Gasteiger partial charge is 0.392 e. The maximum atomic E-state index is 9.45. The number of hydrazine groups is 1. The van der Waals surface area contributed by atoms with E-state index in [0.717, 1.165) is 19.5 Å². The molecule has 0 aromatic heterocycles. The summed E-state index contributed by atoms with van der Waals surface area (Å²) in [6.07, 6.45) is 4.86. The summed E-state index contributed by atoms with van der Waals surface area (Å²) in [6.45, 7) is 5.38. The van der Waals surface area contributed by atoms with Gasteiger partial charge < -0.3 is 5.11 Å². The molecule has 2 aliphatic heterocycles. The molecule has 2 fully saturated rings. The molecule has 0 aliphatic carbocycles. The van der Waals surface area contributed by atoms with E-state index >= 15 is 0 Å². The van der Waals surface area contributed by atoms with E-state index in [9.17, 15) is 5.11 Å². The van der Waals surface area contributed by atoms with Crippen molar-refractivity contribution in [2.75, 3.05) is 19.6 Å². The molecule has 76 valence electrons. The van der Waals surface area contributed by atoms with Crippen LogP contribution < -0.4 is 0 Å². The van der Waals surface area contributed by atoms with Gasteiger partial charge in [-0.2, -0.15) is 0 Å². The Morgan fingerprint density at radius 2 is 2.00 bits per heavy atom. The van der Waals surface area contributed by atoms with Gasteiger partial charge in [-0.3, -0.25) is 0 Å². The number of hydrogen-bond acceptors (Lipinski definition) is 3. The van der Waals surface area contributed by atoms with Gasteiger partial charge in [0.15, 0.2) is 0 Å². The van der Waals surface area contributed by atoms with Crippen LogP contribution in [0.15, 0.2) is 0 Å². The topological polar surface area (TPSA) is 26.7 Å². The highest BCUT2D eigenvalue weighted by Crippen LogP contribution is 2.21. The second-order valence-electron chi connectivity index (χ2n) is 4.36. The van der Waals surface area contributed by atoms with Crippen LogP contribution in [0, 0.1) is 0 Å². The third-order valence-corrected chi connectivity index (χ3v) is 3.27. The van der Waals surface area contributed by atoms with Crippen LogP contribution in [-0.2, 0) is 0 Å². The molecule has 0 amide bonds. The van der Waals surface area contributed by atoms with Crippen LogP contribution in [-0.4, -0.2) is 46.9 Å². The molecule has 0 bridgehead atoms. The molecular formula is C10H20N2O. The molecule has 2 aliphatic rings. The molecule has 0 spiro atoms. The lowest BCUT2D eigenvalue weighted by molar-refractivity contribution is -0.0616. The van der Waals surface area contributed by atoms with E-state index < -0.39 is 0 Å². The maximum absolute atomic E-state index is 9.45. The van der Waals surface area contributed by atoms with Gasteiger partial charge in [0.05, 0.1) is 6.10 Å². The summed E-state index contributed by atoms with van der Waals surface area (Å²) in [5.41, 5.74) is 0. The minimum Gasteiger partial charge on any atom is -0.392 e. The van der Waals surface area contributed by atoms with Crippen molar-refractivity contribution in [1.29, 1.82) is 0 Å². The number of hydrogen-bond donors (Lipinski definition) is 1. The van der Waals surface area contributed by atoms with Gasteiger partial charge in [0.1, 0.15) is 0 Å². The van der Waals surface area contributed by atoms with Crippen LogP contribution in [0.5, 0.6) is 0 Å². The van der Waals surface area contributed by atoms with Crippen molar-refractivity contribution in [3.05, 3.63) is 0 Å². The predicted molar refractivity (Wildman–Crippen MR) is 52.2 cm³/mol. The van der Waals surface area contributed by atoms with Gasteiger partial charge >= 0.3 is 0 Å². The van der Waals surface area contributed by atoms with Gasteiger partial charge in [-0.1, -0.05) is 6.42 Å². The van der Waals surface area contributed by atoms with Crippen LogP contribution in [0.1, 0.15) is 32.6 Å². The normalized spacial score (nSPS) is 38.3. The lowest BCUT2D eigenvalue weighted by atomic mass is 10.1. The monoisotopic (exact) mass is 184 g/mol. The van der Waals surface area contributed by atoms with E-state index in [-0.39, 0.29) is 6.10 Å². The highest BCUT2D eigenvalue weighted by atomic mass is 16.3. The molecule has 0 unspecified atom stereocenters. The van der Waals surface area contributed by atoms with E-state index in [1.807, 2.05) is 0 Å². The van der Waals surface area contributed by atoms with E-state index in [0.29, 0.717) is 6.04 Å². The summed E-state index contributed by atoms with van der Waals surface area (Å²) < 4.78 is 0. The Hall–Kier alpha value is -0.120. The van der Waals surface area contributed by atoms with Crippen molar-refractivity contribution in [1.82, 2.24) is 10.0 Å². The van der Waals surface area contributed by atoms with Crippen LogP contribution in [0.4, 0.5) is 0 Å². The summed E-state index contributed by atoms with van der Waals surface area (Å²) in [7, 11) is 0. The van der Waals surface area contributed by atoms with Crippen molar-refractivity contribution in [3.63, 3.8) is 0 Å². The van der Waals surface area contributed by atoms with E-state index in [1.165, 1.54) is 25.8 Å². The molecule has 13 heavy (non-hydrogen) atoms. The fourth-order valence-corrected chi connectivity index (χ4v) is 2.46. The first-order valence-electron chi connectivity index (χ1n) is 5.47. The number of aliphatic hydroxyl groups is 1. The SMILES string of the molecule is C[C@H]1CCCCN1N1CC[C@H](O)C1. The average Bonchev–Trinajstić information content (AvgIpc) is 2.53. The first-order chi connectivity index (χ1) is 6.27. The lowest BCUT2D eigenvalue weighted by Crippen LogP contribution is -2.49. The van der Waals surface area contributed by atoms with Gasteiger partial charge in [0.2, 0.25) is 0 Å². The number of β-amino-alcohol motifs (C(OH)–C–C–N with tert-alkyl or cyclic N) is 1. The van der Waals surface area contributed by atoms with Gasteiger partial charge in [-0.25, -0.2) is 10.0 Å². The van der Waals surface area contributed by atoms with Gasteiger partial charge in [-0.15, -0.1) is 0 Å². The molecule has 0 aromatic rings. The highest BCUT2D eigenvalue weighted by Gasteiger charge is 2.29. The Morgan fingerprint density at radius 1 is 1.15 bits per heavy atom. The fourth-order valence-electron chi connectivity index (χ4n) is 2.46. The van der Waals surface area contributed by atoms with E-state index in [2.05, 4.69) is 16.9 Å². The summed E-state index contributed by atoms with van der Waals surface area (Å²) in [6, 6.07) is 0.680. The molecule has 3 heteroatoms. The van der Waals surface area contributed by atoms with Crippen LogP contribution in [0.2, 0.25) is 0 Å². The van der Waals surface area contributed by atoms with Crippen molar-refractivity contribution in [2.45, 2.75) is 44.8 Å². The van der Waals surface area contributed by atoms with Crippen LogP contribution in [0.3, 0.4) is 0 Å². The van der Waals surface area contributed by atoms with Crippen molar-refractivity contribution < 1.29 is 5.11 Å². The summed E-state index contributed by atoms with van der Waals surface area (Å²) in [5, 5.41) is 14.2. The first-order valence-corrected chi connectivity index (χ1v) is 5.47. The zero-order valence-electron chi connectivity index (χ0n) is 8.45. The first kappa shape index (κ1) is 9.44. The molecular weight excluding hydrogens is 164 g/mol. The lowest BCUT2D eigenvalue weighted by Gasteiger charge is -2.39. The molecule has 0 aromatic carbocycles. The van der Waals surface area contributed by atoms with Crippen LogP contribution >= 0.6 is 0 Å². The number of nitrogens with zero attached hydrogens (tertiary/aromatic N) is 2. The van der Waals surface area contributed by atoms with Gasteiger partial charge in [0.25, 0.3) is 0 Å². The Labute approximate surface area is 80.3 Å². The second-order valence-corrected chi connectivity index (χ2v) is 4.36. The fraction of sp³-hybridized carbons (Fsp3) is 1.00. The third-order valence-electron chi connectivity index (χ3n) is 3.27. The molecule has 2 saturated heterocycles. The summed E-state index contributed by atoms with van der Waals surface area (Å²) in [5.74, 6) is 0. The molecule has 0 radical (unpaired) electrons. The molecule has 2 rings (SSSR count). The molecule has 3 nitrogen and oxygen atoms in total. The van der Waals surface area contributed by atoms with Crippen molar-refractivity contribution >= 4 is 0 Å². The smallest absolute Gasteiger partial charge is 0.0694 e. The highest BCUT2D eigenvalue weighted by molar-refractivity contribution is 4.78. The third kappa shape index (κ3) is 2.03. The van der Waals surface area contributed by atoms with E-state index in [4.69, 9.17) is 0 Å².